The van der Waals surface area contributed by atoms with Gasteiger partial charge in [0.1, 0.15) is 12.6 Å². The number of aromatic nitrogens is 2. The molecule has 1 atom stereocenters. The summed E-state index contributed by atoms with van der Waals surface area (Å²) in [6, 6.07) is 1.46. The fourth-order valence-electron chi connectivity index (χ4n) is 1.03. The molecule has 0 aliphatic rings. The van der Waals surface area contributed by atoms with Crippen molar-refractivity contribution in [3.63, 3.8) is 0 Å². The van der Waals surface area contributed by atoms with Gasteiger partial charge in [-0.05, 0) is 6.07 Å². The molecular formula is C9H11F2N3O3. The van der Waals surface area contributed by atoms with Gasteiger partial charge in [0.25, 0.3) is 6.43 Å². The van der Waals surface area contributed by atoms with E-state index in [0.717, 1.165) is 4.57 Å². The summed E-state index contributed by atoms with van der Waals surface area (Å²) in [5.74, 6) is -0.653. The summed E-state index contributed by atoms with van der Waals surface area (Å²) in [7, 11) is 0. The van der Waals surface area contributed by atoms with Gasteiger partial charge in [-0.15, -0.1) is 0 Å². The molecule has 0 aromatic carbocycles. The predicted octanol–water partition coefficient (Wildman–Crippen LogP) is -1.01. The Kier molecular flexibility index (Phi) is 4.70. The van der Waals surface area contributed by atoms with Crippen LogP contribution in [0.1, 0.15) is 0 Å². The second-order valence-corrected chi connectivity index (χ2v) is 3.24. The molecule has 1 heterocycles. The third kappa shape index (κ3) is 4.27. The molecule has 0 fully saturated rings. The third-order valence-corrected chi connectivity index (χ3v) is 1.90. The summed E-state index contributed by atoms with van der Waals surface area (Å²) in [4.78, 5) is 25.8. The molecule has 8 heteroatoms. The van der Waals surface area contributed by atoms with E-state index in [0.29, 0.717) is 0 Å². The molecule has 1 unspecified atom stereocenters. The molecule has 0 saturated heterocycles. The van der Waals surface area contributed by atoms with E-state index in [-0.39, 0.29) is 6.54 Å². The van der Waals surface area contributed by atoms with Gasteiger partial charge in [0, 0.05) is 18.9 Å². The lowest BCUT2D eigenvalue weighted by atomic mass is 10.3. The van der Waals surface area contributed by atoms with Gasteiger partial charge in [0.2, 0.25) is 5.91 Å². The topological polar surface area (TPSA) is 84.2 Å². The van der Waals surface area contributed by atoms with Crippen molar-refractivity contribution in [3.8, 4) is 0 Å². The highest BCUT2D eigenvalue weighted by atomic mass is 19.3. The van der Waals surface area contributed by atoms with E-state index in [9.17, 15) is 18.4 Å². The van der Waals surface area contributed by atoms with Gasteiger partial charge < -0.3 is 10.4 Å². The van der Waals surface area contributed by atoms with Crippen molar-refractivity contribution in [2.45, 2.75) is 19.1 Å². The highest BCUT2D eigenvalue weighted by Crippen LogP contribution is 1.98. The zero-order valence-electron chi connectivity index (χ0n) is 8.72. The minimum absolute atomic E-state index is 0.331. The average molecular weight is 247 g/mol. The van der Waals surface area contributed by atoms with Crippen molar-refractivity contribution in [1.82, 2.24) is 14.9 Å². The normalized spacial score (nSPS) is 12.5. The Morgan fingerprint density at radius 3 is 2.88 bits per heavy atom. The summed E-state index contributed by atoms with van der Waals surface area (Å²) in [6.07, 6.45) is -2.21. The maximum absolute atomic E-state index is 11.9. The third-order valence-electron chi connectivity index (χ3n) is 1.90. The number of nitrogens with one attached hydrogen (secondary N) is 1. The molecule has 1 rings (SSSR count). The Balaban J connectivity index is 2.46. The summed E-state index contributed by atoms with van der Waals surface area (Å²) in [5.41, 5.74) is -0.614. The van der Waals surface area contributed by atoms with Crippen LogP contribution in [-0.4, -0.2) is 39.6 Å². The van der Waals surface area contributed by atoms with Crippen LogP contribution in [0.4, 0.5) is 8.78 Å². The summed E-state index contributed by atoms with van der Waals surface area (Å²) in [6.45, 7) is -0.895. The monoisotopic (exact) mass is 247 g/mol. The van der Waals surface area contributed by atoms with Gasteiger partial charge in [-0.2, -0.15) is 0 Å². The van der Waals surface area contributed by atoms with Crippen molar-refractivity contribution < 1.29 is 18.7 Å². The number of aliphatic hydroxyl groups excluding tert-OH is 1. The molecule has 0 saturated carbocycles. The molecule has 17 heavy (non-hydrogen) atoms. The van der Waals surface area contributed by atoms with Gasteiger partial charge in [-0.3, -0.25) is 9.36 Å². The lowest BCUT2D eigenvalue weighted by Crippen LogP contribution is -2.39. The van der Waals surface area contributed by atoms with Crippen LogP contribution in [0.25, 0.3) is 0 Å². The molecular weight excluding hydrogens is 236 g/mol. The van der Waals surface area contributed by atoms with Crippen LogP contribution in [0.15, 0.2) is 23.3 Å². The van der Waals surface area contributed by atoms with E-state index >= 15 is 0 Å². The molecule has 1 aromatic heterocycles. The predicted molar refractivity (Wildman–Crippen MR) is 53.5 cm³/mol. The minimum Gasteiger partial charge on any atom is -0.385 e. The second-order valence-electron chi connectivity index (χ2n) is 3.24. The Bertz CT molecular complexity index is 435. The number of hydrogen-bond acceptors (Lipinski definition) is 4. The average Bonchev–Trinajstić information content (AvgIpc) is 2.29. The SMILES string of the molecule is O=C(Cn1cccnc1=O)NCC(O)C(F)F. The largest absolute Gasteiger partial charge is 0.385 e. The lowest BCUT2D eigenvalue weighted by molar-refractivity contribution is -0.122. The van der Waals surface area contributed by atoms with Crippen LogP contribution in [0, 0.1) is 0 Å². The zero-order chi connectivity index (χ0) is 12.8. The van der Waals surface area contributed by atoms with Gasteiger partial charge in [-0.1, -0.05) is 0 Å². The number of hydrogen-bond donors (Lipinski definition) is 2. The Labute approximate surface area is 94.9 Å². The summed E-state index contributed by atoms with van der Waals surface area (Å²) >= 11 is 0. The van der Waals surface area contributed by atoms with E-state index < -0.39 is 30.7 Å². The van der Waals surface area contributed by atoms with Crippen LogP contribution in [-0.2, 0) is 11.3 Å². The van der Waals surface area contributed by atoms with Crippen molar-refractivity contribution in [1.29, 1.82) is 0 Å². The van der Waals surface area contributed by atoms with E-state index in [2.05, 4.69) is 10.3 Å². The Hall–Kier alpha value is -1.83. The van der Waals surface area contributed by atoms with Crippen molar-refractivity contribution >= 4 is 5.91 Å². The quantitative estimate of drug-likeness (QED) is 0.698. The Morgan fingerprint density at radius 2 is 2.29 bits per heavy atom. The smallest absolute Gasteiger partial charge is 0.347 e. The second kappa shape index (κ2) is 6.04. The number of carbonyl (C=O) groups excluding carboxylic acids is 1. The first-order chi connectivity index (χ1) is 8.00. The summed E-state index contributed by atoms with van der Waals surface area (Å²) < 4.78 is 24.8. The highest BCUT2D eigenvalue weighted by Gasteiger charge is 2.17. The van der Waals surface area contributed by atoms with Crippen molar-refractivity contribution in [2.24, 2.45) is 0 Å². The van der Waals surface area contributed by atoms with Gasteiger partial charge in [0.15, 0.2) is 0 Å². The number of halogens is 2. The molecule has 0 spiro atoms. The van der Waals surface area contributed by atoms with E-state index in [1.807, 2.05) is 0 Å². The van der Waals surface area contributed by atoms with E-state index in [1.165, 1.54) is 18.5 Å². The van der Waals surface area contributed by atoms with E-state index in [4.69, 9.17) is 5.11 Å². The fraction of sp³-hybridized carbons (Fsp3) is 0.444. The number of nitrogens with zero attached hydrogens (tertiary/aromatic N) is 2. The van der Waals surface area contributed by atoms with Gasteiger partial charge in [-0.25, -0.2) is 18.6 Å². The molecule has 6 nitrogen and oxygen atoms in total. The first-order valence-electron chi connectivity index (χ1n) is 4.75. The maximum Gasteiger partial charge on any atom is 0.347 e. The number of carbonyl (C=O) groups is 1. The van der Waals surface area contributed by atoms with Crippen LogP contribution < -0.4 is 11.0 Å². The molecule has 94 valence electrons. The molecule has 2 N–H and O–H groups in total. The molecule has 0 aliphatic carbocycles. The Morgan fingerprint density at radius 1 is 1.59 bits per heavy atom. The lowest BCUT2D eigenvalue weighted by Gasteiger charge is -2.11. The van der Waals surface area contributed by atoms with Crippen molar-refractivity contribution in [2.75, 3.05) is 6.54 Å². The maximum atomic E-state index is 11.9. The fourth-order valence-corrected chi connectivity index (χ4v) is 1.03. The summed E-state index contributed by atoms with van der Waals surface area (Å²) in [5, 5.41) is 10.8. The standard InChI is InChI=1S/C9H11F2N3O3/c10-8(11)6(15)4-13-7(16)5-14-3-1-2-12-9(14)17/h1-3,6,8,15H,4-5H2,(H,13,16). The van der Waals surface area contributed by atoms with E-state index in [1.54, 1.807) is 0 Å². The first kappa shape index (κ1) is 13.2. The molecule has 1 amide bonds. The molecule has 0 aliphatic heterocycles. The van der Waals surface area contributed by atoms with Gasteiger partial charge >= 0.3 is 5.69 Å². The minimum atomic E-state index is -2.92. The molecule has 1 aromatic rings. The number of rotatable bonds is 5. The number of aliphatic hydroxyl groups is 1. The van der Waals surface area contributed by atoms with Crippen LogP contribution in [0.2, 0.25) is 0 Å². The highest BCUT2D eigenvalue weighted by molar-refractivity contribution is 5.75. The van der Waals surface area contributed by atoms with Crippen LogP contribution in [0.3, 0.4) is 0 Å². The van der Waals surface area contributed by atoms with Crippen LogP contribution >= 0.6 is 0 Å². The van der Waals surface area contributed by atoms with Gasteiger partial charge in [0.05, 0.1) is 0 Å². The van der Waals surface area contributed by atoms with Crippen LogP contribution in [0.5, 0.6) is 0 Å². The van der Waals surface area contributed by atoms with Crippen molar-refractivity contribution in [3.05, 3.63) is 28.9 Å². The molecule has 0 radical (unpaired) electrons. The zero-order valence-corrected chi connectivity index (χ0v) is 8.72. The number of amides is 1. The number of alkyl halides is 2. The first-order valence-corrected chi connectivity index (χ1v) is 4.75. The molecule has 0 bridgehead atoms.